The number of nitrogens with one attached hydrogen (secondary N) is 1. The molecule has 0 radical (unpaired) electrons. The van der Waals surface area contributed by atoms with Crippen molar-refractivity contribution in [3.63, 3.8) is 0 Å². The lowest BCUT2D eigenvalue weighted by Gasteiger charge is -2.26. The highest BCUT2D eigenvalue weighted by Crippen LogP contribution is 2.18. The SMILES string of the molecule is CC(=O)c1c[nH]c(C(=O)O[C@H](C)C(=O)N(C)[C@@H]2CCS(=O)(=O)C2)c1. The van der Waals surface area contributed by atoms with Gasteiger partial charge in [-0.25, -0.2) is 13.2 Å². The largest absolute Gasteiger partial charge is 0.448 e. The number of rotatable bonds is 5. The molecule has 0 spiro atoms. The van der Waals surface area contributed by atoms with Crippen LogP contribution in [0.15, 0.2) is 12.3 Å². The molecule has 1 saturated heterocycles. The topological polar surface area (TPSA) is 114 Å². The Labute approximate surface area is 140 Å². The van der Waals surface area contributed by atoms with Gasteiger partial charge in [0, 0.05) is 24.8 Å². The van der Waals surface area contributed by atoms with Gasteiger partial charge < -0.3 is 14.6 Å². The van der Waals surface area contributed by atoms with Gasteiger partial charge in [0.15, 0.2) is 21.7 Å². The third kappa shape index (κ3) is 4.02. The minimum atomic E-state index is -3.11. The van der Waals surface area contributed by atoms with E-state index in [1.807, 2.05) is 0 Å². The van der Waals surface area contributed by atoms with Crippen molar-refractivity contribution in [1.29, 1.82) is 0 Å². The molecule has 1 N–H and O–H groups in total. The zero-order valence-electron chi connectivity index (χ0n) is 13.7. The third-order valence-corrected chi connectivity index (χ3v) is 5.80. The lowest BCUT2D eigenvalue weighted by atomic mass is 10.2. The Morgan fingerprint density at radius 1 is 1.38 bits per heavy atom. The summed E-state index contributed by atoms with van der Waals surface area (Å²) in [4.78, 5) is 39.5. The molecule has 1 fully saturated rings. The number of aromatic nitrogens is 1. The molecule has 2 heterocycles. The number of esters is 1. The fourth-order valence-corrected chi connectivity index (χ4v) is 4.31. The van der Waals surface area contributed by atoms with Crippen LogP contribution in [0.25, 0.3) is 0 Å². The Bertz CT molecular complexity index is 767. The summed E-state index contributed by atoms with van der Waals surface area (Å²) in [7, 11) is -1.61. The molecule has 24 heavy (non-hydrogen) atoms. The molecule has 0 aliphatic carbocycles. The summed E-state index contributed by atoms with van der Waals surface area (Å²) in [5.41, 5.74) is 0.417. The summed E-state index contributed by atoms with van der Waals surface area (Å²) in [5, 5.41) is 0. The van der Waals surface area contributed by atoms with Gasteiger partial charge in [0.1, 0.15) is 5.69 Å². The van der Waals surface area contributed by atoms with E-state index >= 15 is 0 Å². The van der Waals surface area contributed by atoms with E-state index in [2.05, 4.69) is 4.98 Å². The first-order valence-corrected chi connectivity index (χ1v) is 9.30. The second kappa shape index (κ2) is 6.76. The standard InChI is InChI=1S/C15H20N2O6S/c1-9(18)11-6-13(16-7-11)15(20)23-10(2)14(19)17(3)12-4-5-24(21,22)8-12/h6-7,10,12,16H,4-5,8H2,1-3H3/t10-,12-/m1/s1. The Morgan fingerprint density at radius 3 is 2.54 bits per heavy atom. The normalized spacial score (nSPS) is 20.4. The zero-order valence-corrected chi connectivity index (χ0v) is 14.6. The van der Waals surface area contributed by atoms with Gasteiger partial charge in [0.05, 0.1) is 11.5 Å². The maximum atomic E-state index is 12.3. The maximum Gasteiger partial charge on any atom is 0.355 e. The van der Waals surface area contributed by atoms with Crippen LogP contribution in [-0.2, 0) is 19.4 Å². The number of aromatic amines is 1. The summed E-state index contributed by atoms with van der Waals surface area (Å²) in [5.74, 6) is -1.44. The first kappa shape index (κ1) is 18.2. The molecule has 1 aromatic heterocycles. The summed E-state index contributed by atoms with van der Waals surface area (Å²) >= 11 is 0. The summed E-state index contributed by atoms with van der Waals surface area (Å²) in [6, 6.07) is 0.952. The maximum absolute atomic E-state index is 12.3. The predicted molar refractivity (Wildman–Crippen MR) is 85.5 cm³/mol. The van der Waals surface area contributed by atoms with Gasteiger partial charge in [0.25, 0.3) is 5.91 Å². The second-order valence-electron chi connectivity index (χ2n) is 5.91. The summed E-state index contributed by atoms with van der Waals surface area (Å²) in [6.07, 6.45) is 0.708. The Kier molecular flexibility index (Phi) is 5.12. The molecular weight excluding hydrogens is 336 g/mol. The lowest BCUT2D eigenvalue weighted by Crippen LogP contribution is -2.44. The van der Waals surface area contributed by atoms with Gasteiger partial charge in [-0.1, -0.05) is 0 Å². The van der Waals surface area contributed by atoms with E-state index in [0.29, 0.717) is 12.0 Å². The average molecular weight is 356 g/mol. The number of carbonyl (C=O) groups excluding carboxylic acids is 3. The van der Waals surface area contributed by atoms with E-state index in [4.69, 9.17) is 4.74 Å². The quantitative estimate of drug-likeness (QED) is 0.604. The molecule has 1 aliphatic heterocycles. The first-order valence-electron chi connectivity index (χ1n) is 7.48. The molecule has 2 rings (SSSR count). The highest BCUT2D eigenvalue weighted by molar-refractivity contribution is 7.91. The Morgan fingerprint density at radius 2 is 2.04 bits per heavy atom. The van der Waals surface area contributed by atoms with Crippen molar-refractivity contribution in [2.45, 2.75) is 32.4 Å². The van der Waals surface area contributed by atoms with Crippen LogP contribution in [0.5, 0.6) is 0 Å². The van der Waals surface area contributed by atoms with Crippen molar-refractivity contribution in [2.75, 3.05) is 18.6 Å². The molecule has 0 saturated carbocycles. The van der Waals surface area contributed by atoms with Gasteiger partial charge in [-0.05, 0) is 26.3 Å². The zero-order chi connectivity index (χ0) is 18.1. The fraction of sp³-hybridized carbons (Fsp3) is 0.533. The molecular formula is C15H20N2O6S. The highest BCUT2D eigenvalue weighted by Gasteiger charge is 2.35. The van der Waals surface area contributed by atoms with Crippen molar-refractivity contribution in [3.8, 4) is 0 Å². The predicted octanol–water partition coefficient (Wildman–Crippen LogP) is 0.408. The van der Waals surface area contributed by atoms with Crippen LogP contribution in [0.1, 0.15) is 41.1 Å². The van der Waals surface area contributed by atoms with Crippen LogP contribution in [0.3, 0.4) is 0 Å². The van der Waals surface area contributed by atoms with Crippen LogP contribution in [0.2, 0.25) is 0 Å². The number of amides is 1. The lowest BCUT2D eigenvalue weighted by molar-refractivity contribution is -0.140. The molecule has 9 heteroatoms. The van der Waals surface area contributed by atoms with Crippen molar-refractivity contribution < 1.29 is 27.5 Å². The Balaban J connectivity index is 1.97. The van der Waals surface area contributed by atoms with E-state index in [1.165, 1.54) is 38.1 Å². The van der Waals surface area contributed by atoms with E-state index < -0.39 is 33.9 Å². The van der Waals surface area contributed by atoms with Gasteiger partial charge in [-0.2, -0.15) is 0 Å². The van der Waals surface area contributed by atoms with E-state index in [-0.39, 0.29) is 23.0 Å². The first-order chi connectivity index (χ1) is 11.1. The van der Waals surface area contributed by atoms with E-state index in [9.17, 15) is 22.8 Å². The molecule has 0 aromatic carbocycles. The van der Waals surface area contributed by atoms with Crippen molar-refractivity contribution >= 4 is 27.5 Å². The van der Waals surface area contributed by atoms with Crippen LogP contribution in [0, 0.1) is 0 Å². The van der Waals surface area contributed by atoms with Crippen molar-refractivity contribution in [3.05, 3.63) is 23.5 Å². The molecule has 0 bridgehead atoms. The molecule has 132 valence electrons. The highest BCUT2D eigenvalue weighted by atomic mass is 32.2. The van der Waals surface area contributed by atoms with Gasteiger partial charge in [-0.3, -0.25) is 9.59 Å². The third-order valence-electron chi connectivity index (χ3n) is 4.04. The van der Waals surface area contributed by atoms with Crippen molar-refractivity contribution in [2.24, 2.45) is 0 Å². The van der Waals surface area contributed by atoms with Gasteiger partial charge in [-0.15, -0.1) is 0 Å². The minimum Gasteiger partial charge on any atom is -0.448 e. The van der Waals surface area contributed by atoms with Crippen LogP contribution < -0.4 is 0 Å². The van der Waals surface area contributed by atoms with Crippen LogP contribution in [-0.4, -0.2) is 66.7 Å². The van der Waals surface area contributed by atoms with E-state index in [1.54, 1.807) is 0 Å². The number of ketones is 1. The minimum absolute atomic E-state index is 0.0553. The Hall–Kier alpha value is -2.16. The van der Waals surface area contributed by atoms with Crippen LogP contribution >= 0.6 is 0 Å². The molecule has 0 unspecified atom stereocenters. The second-order valence-corrected chi connectivity index (χ2v) is 8.14. The summed E-state index contributed by atoms with van der Waals surface area (Å²) < 4.78 is 28.1. The molecule has 8 nitrogen and oxygen atoms in total. The molecule has 2 atom stereocenters. The van der Waals surface area contributed by atoms with Crippen LogP contribution in [0.4, 0.5) is 0 Å². The van der Waals surface area contributed by atoms with E-state index in [0.717, 1.165) is 0 Å². The number of sulfone groups is 1. The molecule has 1 amide bonds. The van der Waals surface area contributed by atoms with Gasteiger partial charge in [0.2, 0.25) is 0 Å². The average Bonchev–Trinajstić information content (AvgIpc) is 3.12. The molecule has 1 aromatic rings. The summed E-state index contributed by atoms with van der Waals surface area (Å²) in [6.45, 7) is 2.80. The number of Topliss-reactive ketones (excluding diaryl/α,β-unsaturated/α-hetero) is 1. The monoisotopic (exact) mass is 356 g/mol. The number of carbonyl (C=O) groups is 3. The fourth-order valence-electron chi connectivity index (χ4n) is 2.54. The number of likely N-dealkylation sites (N-methyl/N-ethyl adjacent to an activating group) is 1. The number of hydrogen-bond donors (Lipinski definition) is 1. The van der Waals surface area contributed by atoms with Gasteiger partial charge >= 0.3 is 5.97 Å². The molecule has 1 aliphatic rings. The number of H-pyrrole nitrogens is 1. The van der Waals surface area contributed by atoms with Crippen molar-refractivity contribution in [1.82, 2.24) is 9.88 Å². The smallest absolute Gasteiger partial charge is 0.355 e. The number of hydrogen-bond acceptors (Lipinski definition) is 6. The number of nitrogens with zero attached hydrogens (tertiary/aromatic N) is 1. The number of ether oxygens (including phenoxy) is 1.